The van der Waals surface area contributed by atoms with Gasteiger partial charge in [-0.3, -0.25) is 0 Å². The Morgan fingerprint density at radius 2 is 1.50 bits per heavy atom. The van der Waals surface area contributed by atoms with Crippen LogP contribution in [-0.2, 0) is 0 Å². The van der Waals surface area contributed by atoms with E-state index in [4.69, 9.17) is 0 Å². The van der Waals surface area contributed by atoms with Crippen LogP contribution in [-0.4, -0.2) is 21.7 Å². The van der Waals surface area contributed by atoms with E-state index in [1.807, 2.05) is 0 Å². The molecular weight excluding hydrogens is 302 g/mol. The second-order valence-electron chi connectivity index (χ2n) is 3.83. The van der Waals surface area contributed by atoms with E-state index in [2.05, 4.69) is 0 Å². The van der Waals surface area contributed by atoms with Crippen LogP contribution < -0.4 is 0 Å². The average molecular weight is 312 g/mol. The third-order valence-corrected chi connectivity index (χ3v) is 4.13. The first kappa shape index (κ1) is 16.0. The smallest absolute Gasteiger partial charge is 0.385 e. The minimum Gasteiger partial charge on any atom is -0.385 e. The maximum atomic E-state index is 12.3. The molecule has 0 aromatic carbocycles. The minimum atomic E-state index is -4.71. The molecule has 0 heterocycles. The first-order valence-corrected chi connectivity index (χ1v) is 6.65. The molecule has 9 heteroatoms. The molecule has 1 aliphatic carbocycles. The highest BCUT2D eigenvalue weighted by molar-refractivity contribution is 8.07. The zero-order valence-corrected chi connectivity index (χ0v) is 10.6. The number of aliphatic hydroxyl groups is 1. The molecule has 1 nitrogen and oxygen atoms in total. The molecule has 1 fully saturated rings. The van der Waals surface area contributed by atoms with Gasteiger partial charge in [-0.25, -0.2) is 0 Å². The summed E-state index contributed by atoms with van der Waals surface area (Å²) in [6.07, 6.45) is 1.12. The van der Waals surface area contributed by atoms with Gasteiger partial charge in [0, 0.05) is 4.91 Å². The van der Waals surface area contributed by atoms with E-state index in [1.54, 1.807) is 0 Å². The normalized spacial score (nSPS) is 21.4. The van der Waals surface area contributed by atoms with Crippen molar-refractivity contribution in [3.8, 4) is 0 Å². The van der Waals surface area contributed by atoms with Gasteiger partial charge in [-0.05, 0) is 41.8 Å². The molecule has 1 rings (SSSR count). The van der Waals surface area contributed by atoms with Gasteiger partial charge < -0.3 is 5.11 Å². The Morgan fingerprint density at radius 1 is 1.00 bits per heavy atom. The lowest BCUT2D eigenvalue weighted by atomic mass is 10.0. The molecule has 0 saturated heterocycles. The van der Waals surface area contributed by atoms with Crippen molar-refractivity contribution in [2.24, 2.45) is 0 Å². The number of alkyl halides is 6. The van der Waals surface area contributed by atoms with Crippen molar-refractivity contribution < 1.29 is 31.4 Å². The lowest BCUT2D eigenvalue weighted by Gasteiger charge is -2.26. The van der Waals surface area contributed by atoms with Crippen molar-refractivity contribution in [2.45, 2.75) is 42.3 Å². The van der Waals surface area contributed by atoms with Crippen LogP contribution in [0, 0.1) is 0 Å². The Morgan fingerprint density at radius 3 is 1.89 bits per heavy atom. The second kappa shape index (κ2) is 5.54. The van der Waals surface area contributed by atoms with Crippen LogP contribution in [0.4, 0.5) is 26.3 Å². The quantitative estimate of drug-likeness (QED) is 0.767. The Hall–Kier alpha value is -0.0200. The topological polar surface area (TPSA) is 20.2 Å². The number of halogens is 6. The summed E-state index contributed by atoms with van der Waals surface area (Å²) in [5, 5.41) is 10.3. The highest BCUT2D eigenvalue weighted by Gasteiger charge is 2.42. The van der Waals surface area contributed by atoms with Crippen molar-refractivity contribution in [1.29, 1.82) is 0 Å². The average Bonchev–Trinajstić information content (AvgIpc) is 2.57. The summed E-state index contributed by atoms with van der Waals surface area (Å²) in [7, 11) is 0. The summed E-state index contributed by atoms with van der Waals surface area (Å²) in [6, 6.07) is 0. The van der Waals surface area contributed by atoms with Crippen molar-refractivity contribution in [1.82, 2.24) is 0 Å². The first-order chi connectivity index (χ1) is 8.02. The number of hydrogen-bond acceptors (Lipinski definition) is 3. The van der Waals surface area contributed by atoms with Crippen LogP contribution in [0.5, 0.6) is 0 Å². The van der Waals surface area contributed by atoms with Crippen molar-refractivity contribution >= 4 is 23.5 Å². The first-order valence-electron chi connectivity index (χ1n) is 4.95. The van der Waals surface area contributed by atoms with Crippen molar-refractivity contribution in [3.05, 3.63) is 10.3 Å². The number of hydrogen-bond donors (Lipinski definition) is 1. The number of thioether (sulfide) groups is 2. The summed E-state index contributed by atoms with van der Waals surface area (Å²) in [6.45, 7) is 0. The maximum absolute atomic E-state index is 12.3. The van der Waals surface area contributed by atoms with Crippen molar-refractivity contribution in [3.63, 3.8) is 0 Å². The molecule has 0 spiro atoms. The van der Waals surface area contributed by atoms with E-state index in [1.165, 1.54) is 0 Å². The van der Waals surface area contributed by atoms with E-state index in [0.717, 1.165) is 0 Å². The van der Waals surface area contributed by atoms with Gasteiger partial charge in [-0.15, -0.1) is 0 Å². The van der Waals surface area contributed by atoms with Crippen LogP contribution in [0.25, 0.3) is 0 Å². The van der Waals surface area contributed by atoms with Crippen LogP contribution in [0.1, 0.15) is 25.7 Å². The Labute approximate surface area is 108 Å². The Bertz CT molecular complexity index is 316. The second-order valence-corrected chi connectivity index (χ2v) is 5.87. The van der Waals surface area contributed by atoms with Crippen LogP contribution in [0.15, 0.2) is 10.3 Å². The van der Waals surface area contributed by atoms with Crippen molar-refractivity contribution in [2.75, 3.05) is 0 Å². The molecule has 1 N–H and O–H groups in total. The summed E-state index contributed by atoms with van der Waals surface area (Å²) in [5.74, 6) is 0. The molecule has 0 aromatic rings. The fourth-order valence-electron chi connectivity index (χ4n) is 1.68. The zero-order valence-electron chi connectivity index (χ0n) is 8.94. The molecular formula is C9H10F6OS2. The van der Waals surface area contributed by atoms with Crippen LogP contribution in [0.3, 0.4) is 0 Å². The van der Waals surface area contributed by atoms with Gasteiger partial charge in [0.25, 0.3) is 0 Å². The van der Waals surface area contributed by atoms with Gasteiger partial charge in [0.05, 0.1) is 5.60 Å². The summed E-state index contributed by atoms with van der Waals surface area (Å²) < 4.78 is 72.8. The predicted molar refractivity (Wildman–Crippen MR) is 58.8 cm³/mol. The highest BCUT2D eigenvalue weighted by Crippen LogP contribution is 2.49. The molecule has 0 unspecified atom stereocenters. The lowest BCUT2D eigenvalue weighted by molar-refractivity contribution is -0.0342. The van der Waals surface area contributed by atoms with Gasteiger partial charge in [0.1, 0.15) is 0 Å². The molecule has 1 saturated carbocycles. The monoisotopic (exact) mass is 312 g/mol. The van der Waals surface area contributed by atoms with Gasteiger partial charge in [0.2, 0.25) is 0 Å². The molecule has 0 aromatic heterocycles. The molecule has 1 aliphatic rings. The van der Waals surface area contributed by atoms with Gasteiger partial charge in [0.15, 0.2) is 0 Å². The molecule has 0 amide bonds. The zero-order chi connectivity index (χ0) is 14.0. The fourth-order valence-corrected chi connectivity index (χ4v) is 3.12. The molecule has 106 valence electrons. The fraction of sp³-hybridized carbons (Fsp3) is 0.778. The summed E-state index contributed by atoms with van der Waals surface area (Å²) >= 11 is -1.35. The SMILES string of the molecule is OC1(/C(=C\SC(F)(F)F)SC(F)(F)F)CCCC1. The Kier molecular flexibility index (Phi) is 4.93. The Balaban J connectivity index is 2.88. The maximum Gasteiger partial charge on any atom is 0.446 e. The van der Waals surface area contributed by atoms with E-state index >= 15 is 0 Å². The largest absolute Gasteiger partial charge is 0.446 e. The number of rotatable bonds is 3. The molecule has 18 heavy (non-hydrogen) atoms. The highest BCUT2D eigenvalue weighted by atomic mass is 32.2. The minimum absolute atomic E-state index is 0.0559. The van der Waals surface area contributed by atoms with E-state index in [0.29, 0.717) is 18.2 Å². The van der Waals surface area contributed by atoms with Gasteiger partial charge in [-0.1, -0.05) is 12.8 Å². The standard InChI is InChI=1S/C9H10F6OS2/c10-8(11,12)17-5-6(18-9(13,14)15)7(16)3-1-2-4-7/h5,16H,1-4H2/b6-5+. The summed E-state index contributed by atoms with van der Waals surface area (Å²) in [5.41, 5.74) is -11.2. The van der Waals surface area contributed by atoms with E-state index in [-0.39, 0.29) is 12.8 Å². The molecule has 0 radical (unpaired) electrons. The molecule has 0 bridgehead atoms. The van der Waals surface area contributed by atoms with Crippen LogP contribution >= 0.6 is 23.5 Å². The third kappa shape index (κ3) is 5.31. The van der Waals surface area contributed by atoms with Crippen LogP contribution in [0.2, 0.25) is 0 Å². The summed E-state index contributed by atoms with van der Waals surface area (Å²) in [4.78, 5) is -0.671. The van der Waals surface area contributed by atoms with E-state index in [9.17, 15) is 31.4 Å². The molecule has 0 atom stereocenters. The van der Waals surface area contributed by atoms with E-state index < -0.39 is 45.0 Å². The van der Waals surface area contributed by atoms with Gasteiger partial charge in [-0.2, -0.15) is 26.3 Å². The lowest BCUT2D eigenvalue weighted by Crippen LogP contribution is -2.27. The third-order valence-electron chi connectivity index (χ3n) is 2.41. The molecule has 0 aliphatic heterocycles. The predicted octanol–water partition coefficient (Wildman–Crippen LogP) is 4.64. The van der Waals surface area contributed by atoms with Gasteiger partial charge >= 0.3 is 11.0 Å².